The van der Waals surface area contributed by atoms with Crippen LogP contribution in [0.25, 0.3) is 11.3 Å². The molecule has 0 saturated carbocycles. The first-order chi connectivity index (χ1) is 11.1. The third-order valence-corrected chi connectivity index (χ3v) is 3.91. The lowest BCUT2D eigenvalue weighted by atomic mass is 10.1. The first kappa shape index (κ1) is 15.7. The standard InChI is InChI=1S/C16H16ClN3O3/c17-13-3-1-12(2-4-13)14-5-6-15(21)20(18-14)11-16(22)19-7-9-23-10-8-19/h1-6H,7-11H2. The van der Waals surface area contributed by atoms with Gasteiger partial charge >= 0.3 is 0 Å². The van der Waals surface area contributed by atoms with Gasteiger partial charge in [0.25, 0.3) is 5.56 Å². The maximum Gasteiger partial charge on any atom is 0.267 e. The number of carbonyl (C=O) groups excluding carboxylic acids is 1. The Balaban J connectivity index is 1.81. The van der Waals surface area contributed by atoms with Crippen molar-refractivity contribution in [3.8, 4) is 11.3 Å². The number of hydrogen-bond donors (Lipinski definition) is 0. The third kappa shape index (κ3) is 3.78. The molecule has 2 aromatic rings. The van der Waals surface area contributed by atoms with E-state index in [1.54, 1.807) is 23.1 Å². The molecule has 0 spiro atoms. The van der Waals surface area contributed by atoms with Crippen LogP contribution in [0.1, 0.15) is 0 Å². The van der Waals surface area contributed by atoms with Gasteiger partial charge in [0, 0.05) is 29.7 Å². The van der Waals surface area contributed by atoms with E-state index >= 15 is 0 Å². The van der Waals surface area contributed by atoms with E-state index in [1.165, 1.54) is 10.7 Å². The van der Waals surface area contributed by atoms with Crippen LogP contribution in [-0.4, -0.2) is 46.9 Å². The maximum atomic E-state index is 12.3. The minimum Gasteiger partial charge on any atom is -0.378 e. The lowest BCUT2D eigenvalue weighted by molar-refractivity contribution is -0.136. The summed E-state index contributed by atoms with van der Waals surface area (Å²) in [6.07, 6.45) is 0. The van der Waals surface area contributed by atoms with Crippen LogP contribution in [0.4, 0.5) is 0 Å². The monoisotopic (exact) mass is 333 g/mol. The second-order valence-electron chi connectivity index (χ2n) is 5.21. The Bertz CT molecular complexity index is 752. The largest absolute Gasteiger partial charge is 0.378 e. The van der Waals surface area contributed by atoms with Gasteiger partial charge in [-0.1, -0.05) is 23.7 Å². The van der Waals surface area contributed by atoms with Gasteiger partial charge < -0.3 is 9.64 Å². The Morgan fingerprint density at radius 3 is 2.52 bits per heavy atom. The molecule has 6 nitrogen and oxygen atoms in total. The van der Waals surface area contributed by atoms with Crippen LogP contribution in [0, 0.1) is 0 Å². The molecule has 7 heteroatoms. The zero-order valence-electron chi connectivity index (χ0n) is 12.4. The summed E-state index contributed by atoms with van der Waals surface area (Å²) in [5, 5.41) is 4.92. The second kappa shape index (κ2) is 6.93. The minimum atomic E-state index is -0.302. The SMILES string of the molecule is O=C(Cn1nc(-c2ccc(Cl)cc2)ccc1=O)N1CCOCC1. The molecule has 0 unspecified atom stereocenters. The molecule has 0 atom stereocenters. The summed E-state index contributed by atoms with van der Waals surface area (Å²) >= 11 is 5.87. The number of halogens is 1. The molecule has 1 fully saturated rings. The predicted octanol–water partition coefficient (Wildman–Crippen LogP) is 1.42. The summed E-state index contributed by atoms with van der Waals surface area (Å²) in [6.45, 7) is 2.08. The van der Waals surface area contributed by atoms with Crippen LogP contribution in [0.5, 0.6) is 0 Å². The molecule has 1 aromatic carbocycles. The van der Waals surface area contributed by atoms with Crippen LogP contribution < -0.4 is 5.56 Å². The maximum absolute atomic E-state index is 12.3. The van der Waals surface area contributed by atoms with Gasteiger partial charge in [-0.25, -0.2) is 4.68 Å². The van der Waals surface area contributed by atoms with E-state index in [1.807, 2.05) is 12.1 Å². The predicted molar refractivity (Wildman–Crippen MR) is 86.3 cm³/mol. The quantitative estimate of drug-likeness (QED) is 0.852. The fourth-order valence-corrected chi connectivity index (χ4v) is 2.50. The van der Waals surface area contributed by atoms with Crippen molar-refractivity contribution in [1.29, 1.82) is 0 Å². The molecular formula is C16H16ClN3O3. The van der Waals surface area contributed by atoms with Gasteiger partial charge in [-0.15, -0.1) is 0 Å². The summed E-state index contributed by atoms with van der Waals surface area (Å²) in [5.74, 6) is -0.129. The number of rotatable bonds is 3. The number of morpholine rings is 1. The summed E-state index contributed by atoms with van der Waals surface area (Å²) in [6, 6.07) is 10.2. The van der Waals surface area contributed by atoms with Crippen LogP contribution in [0.3, 0.4) is 0 Å². The Morgan fingerprint density at radius 2 is 1.83 bits per heavy atom. The van der Waals surface area contributed by atoms with Crippen LogP contribution in [0.2, 0.25) is 5.02 Å². The number of hydrogen-bond acceptors (Lipinski definition) is 4. The van der Waals surface area contributed by atoms with Crippen molar-refractivity contribution >= 4 is 17.5 Å². The van der Waals surface area contributed by atoms with Crippen molar-refractivity contribution in [1.82, 2.24) is 14.7 Å². The minimum absolute atomic E-state index is 0.0692. The van der Waals surface area contributed by atoms with Crippen molar-refractivity contribution in [3.05, 3.63) is 51.8 Å². The van der Waals surface area contributed by atoms with E-state index in [0.717, 1.165) is 5.56 Å². The molecule has 1 amide bonds. The molecule has 0 radical (unpaired) electrons. The number of amides is 1. The van der Waals surface area contributed by atoms with Gasteiger partial charge in [-0.3, -0.25) is 9.59 Å². The van der Waals surface area contributed by atoms with Crippen LogP contribution in [-0.2, 0) is 16.1 Å². The molecule has 3 rings (SSSR count). The number of nitrogens with zero attached hydrogens (tertiary/aromatic N) is 3. The fraction of sp³-hybridized carbons (Fsp3) is 0.312. The van der Waals surface area contributed by atoms with Gasteiger partial charge in [0.15, 0.2) is 0 Å². The topological polar surface area (TPSA) is 64.4 Å². The van der Waals surface area contributed by atoms with E-state index in [9.17, 15) is 9.59 Å². The molecule has 0 aliphatic carbocycles. The highest BCUT2D eigenvalue weighted by Crippen LogP contribution is 2.18. The molecule has 0 N–H and O–H groups in total. The molecule has 1 saturated heterocycles. The molecule has 1 aromatic heterocycles. The first-order valence-electron chi connectivity index (χ1n) is 7.33. The van der Waals surface area contributed by atoms with Gasteiger partial charge in [-0.05, 0) is 18.2 Å². The van der Waals surface area contributed by atoms with Crippen molar-refractivity contribution in [2.45, 2.75) is 6.54 Å². The summed E-state index contributed by atoms with van der Waals surface area (Å²) in [4.78, 5) is 25.9. The Hall–Kier alpha value is -2.18. The van der Waals surface area contributed by atoms with Gasteiger partial charge in [0.2, 0.25) is 5.91 Å². The lowest BCUT2D eigenvalue weighted by Crippen LogP contribution is -2.43. The van der Waals surface area contributed by atoms with E-state index in [0.29, 0.717) is 37.0 Å². The normalized spacial score (nSPS) is 14.7. The van der Waals surface area contributed by atoms with Gasteiger partial charge in [-0.2, -0.15) is 5.10 Å². The van der Waals surface area contributed by atoms with E-state index in [-0.39, 0.29) is 18.0 Å². The van der Waals surface area contributed by atoms with E-state index < -0.39 is 0 Å². The Morgan fingerprint density at radius 1 is 1.13 bits per heavy atom. The number of carbonyl (C=O) groups is 1. The van der Waals surface area contributed by atoms with Crippen molar-refractivity contribution in [2.75, 3.05) is 26.3 Å². The molecule has 1 aliphatic rings. The van der Waals surface area contributed by atoms with Gasteiger partial charge in [0.05, 0.1) is 18.9 Å². The van der Waals surface area contributed by atoms with E-state index in [2.05, 4.69) is 5.10 Å². The van der Waals surface area contributed by atoms with Crippen LogP contribution in [0.15, 0.2) is 41.2 Å². The highest BCUT2D eigenvalue weighted by molar-refractivity contribution is 6.30. The van der Waals surface area contributed by atoms with Crippen LogP contribution >= 0.6 is 11.6 Å². The summed E-state index contributed by atoms with van der Waals surface area (Å²) < 4.78 is 6.42. The summed E-state index contributed by atoms with van der Waals surface area (Å²) in [7, 11) is 0. The fourth-order valence-electron chi connectivity index (χ4n) is 2.38. The van der Waals surface area contributed by atoms with E-state index in [4.69, 9.17) is 16.3 Å². The first-order valence-corrected chi connectivity index (χ1v) is 7.71. The van der Waals surface area contributed by atoms with Gasteiger partial charge in [0.1, 0.15) is 6.54 Å². The third-order valence-electron chi connectivity index (χ3n) is 3.66. The molecule has 23 heavy (non-hydrogen) atoms. The molecule has 120 valence electrons. The molecule has 2 heterocycles. The average Bonchev–Trinajstić information content (AvgIpc) is 2.58. The molecular weight excluding hydrogens is 318 g/mol. The summed E-state index contributed by atoms with van der Waals surface area (Å²) in [5.41, 5.74) is 1.15. The molecule has 0 bridgehead atoms. The van der Waals surface area contributed by atoms with Crippen molar-refractivity contribution in [3.63, 3.8) is 0 Å². The van der Waals surface area contributed by atoms with Crippen molar-refractivity contribution in [2.24, 2.45) is 0 Å². The Kier molecular flexibility index (Phi) is 4.73. The average molecular weight is 334 g/mol. The highest BCUT2D eigenvalue weighted by Gasteiger charge is 2.18. The number of aromatic nitrogens is 2. The number of ether oxygens (including phenoxy) is 1. The highest BCUT2D eigenvalue weighted by atomic mass is 35.5. The lowest BCUT2D eigenvalue weighted by Gasteiger charge is -2.26. The zero-order valence-corrected chi connectivity index (χ0v) is 13.2. The zero-order chi connectivity index (χ0) is 16.2. The number of benzene rings is 1. The Labute approximate surface area is 138 Å². The smallest absolute Gasteiger partial charge is 0.267 e. The van der Waals surface area contributed by atoms with Crippen molar-refractivity contribution < 1.29 is 9.53 Å². The molecule has 1 aliphatic heterocycles. The second-order valence-corrected chi connectivity index (χ2v) is 5.65.